The van der Waals surface area contributed by atoms with Gasteiger partial charge in [0.2, 0.25) is 0 Å². The Labute approximate surface area is 168 Å². The topological polar surface area (TPSA) is 40.5 Å². The van der Waals surface area contributed by atoms with Crippen LogP contribution in [0.4, 0.5) is 0 Å². The van der Waals surface area contributed by atoms with Crippen LogP contribution in [0.1, 0.15) is 43.4 Å². The van der Waals surface area contributed by atoms with Gasteiger partial charge in [0.1, 0.15) is 0 Å². The van der Waals surface area contributed by atoms with Crippen LogP contribution >= 0.6 is 0 Å². The van der Waals surface area contributed by atoms with E-state index >= 15 is 0 Å². The summed E-state index contributed by atoms with van der Waals surface area (Å²) in [6, 6.07) is 6.50. The van der Waals surface area contributed by atoms with Crippen LogP contribution in [0.2, 0.25) is 0 Å². The number of rotatable bonds is 6. The van der Waals surface area contributed by atoms with E-state index in [0.717, 1.165) is 54.3 Å². The normalized spacial score (nSPS) is 14.1. The van der Waals surface area contributed by atoms with Crippen molar-refractivity contribution < 1.29 is 9.90 Å². The number of hydrogen-bond acceptors (Lipinski definition) is 2. The first-order chi connectivity index (χ1) is 13.4. The lowest BCUT2D eigenvalue weighted by Crippen LogP contribution is -2.18. The molecule has 1 aromatic carbocycles. The van der Waals surface area contributed by atoms with Gasteiger partial charge >= 0.3 is 5.97 Å². The number of benzene rings is 1. The molecule has 0 bridgehead atoms. The van der Waals surface area contributed by atoms with Gasteiger partial charge in [-0.2, -0.15) is 0 Å². The monoisotopic (exact) mass is 375 g/mol. The Bertz CT molecular complexity index is 904. The fourth-order valence-electron chi connectivity index (χ4n) is 3.10. The molecule has 0 spiro atoms. The van der Waals surface area contributed by atoms with Crippen molar-refractivity contribution in [1.82, 2.24) is 4.90 Å². The van der Waals surface area contributed by atoms with Crippen LogP contribution in [0.25, 0.3) is 0 Å². The van der Waals surface area contributed by atoms with Crippen LogP contribution in [-0.4, -0.2) is 29.6 Å². The molecule has 3 heteroatoms. The molecular weight excluding hydrogens is 346 g/mol. The number of allylic oxidation sites excluding steroid dienone is 7. The molecule has 146 valence electrons. The molecule has 0 heterocycles. The number of nitrogens with zero attached hydrogens (tertiary/aromatic N) is 1. The smallest absolute Gasteiger partial charge is 0.328 e. The summed E-state index contributed by atoms with van der Waals surface area (Å²) in [5.74, 6) is 5.71. The third kappa shape index (κ3) is 6.72. The minimum Gasteiger partial charge on any atom is -0.478 e. The first-order valence-corrected chi connectivity index (χ1v) is 9.69. The van der Waals surface area contributed by atoms with Crippen molar-refractivity contribution in [1.29, 1.82) is 0 Å². The van der Waals surface area contributed by atoms with Crippen LogP contribution in [0, 0.1) is 18.8 Å². The molecule has 0 amide bonds. The Balaban J connectivity index is 2.20. The maximum absolute atomic E-state index is 10.7. The zero-order valence-electron chi connectivity index (χ0n) is 17.2. The van der Waals surface area contributed by atoms with E-state index in [0.29, 0.717) is 0 Å². The van der Waals surface area contributed by atoms with Crippen molar-refractivity contribution in [2.45, 2.75) is 40.2 Å². The quantitative estimate of drug-likeness (QED) is 0.560. The van der Waals surface area contributed by atoms with Crippen molar-refractivity contribution in [3.63, 3.8) is 0 Å². The predicted molar refractivity (Wildman–Crippen MR) is 116 cm³/mol. The van der Waals surface area contributed by atoms with Gasteiger partial charge in [-0.05, 0) is 74.7 Å². The number of carbonyl (C=O) groups is 1. The van der Waals surface area contributed by atoms with Gasteiger partial charge in [-0.1, -0.05) is 49.1 Å². The molecule has 1 aliphatic carbocycles. The lowest BCUT2D eigenvalue weighted by Gasteiger charge is -2.16. The highest BCUT2D eigenvalue weighted by molar-refractivity contribution is 5.80. The minimum absolute atomic E-state index is 0.734. The van der Waals surface area contributed by atoms with E-state index < -0.39 is 5.97 Å². The van der Waals surface area contributed by atoms with E-state index in [-0.39, 0.29) is 0 Å². The summed E-state index contributed by atoms with van der Waals surface area (Å²) in [7, 11) is 2.14. The van der Waals surface area contributed by atoms with E-state index in [9.17, 15) is 4.79 Å². The van der Waals surface area contributed by atoms with Gasteiger partial charge < -0.3 is 10.0 Å². The molecule has 0 aromatic heterocycles. The van der Waals surface area contributed by atoms with Gasteiger partial charge in [0.05, 0.1) is 0 Å². The van der Waals surface area contributed by atoms with Crippen LogP contribution in [0.5, 0.6) is 0 Å². The van der Waals surface area contributed by atoms with Crippen molar-refractivity contribution in [3.8, 4) is 11.8 Å². The summed E-state index contributed by atoms with van der Waals surface area (Å²) in [5.41, 5.74) is 6.43. The number of hydrogen-bond donors (Lipinski definition) is 1. The number of carboxylic acid groups (broad SMARTS) is 1. The lowest BCUT2D eigenvalue weighted by atomic mass is 10.0. The predicted octanol–water partition coefficient (Wildman–Crippen LogP) is 5.03. The van der Waals surface area contributed by atoms with Crippen LogP contribution in [-0.2, 0) is 11.3 Å². The van der Waals surface area contributed by atoms with Gasteiger partial charge in [-0.25, -0.2) is 4.79 Å². The van der Waals surface area contributed by atoms with E-state index in [2.05, 4.69) is 61.9 Å². The summed E-state index contributed by atoms with van der Waals surface area (Å²) < 4.78 is 0. The molecule has 2 rings (SSSR count). The minimum atomic E-state index is -0.941. The molecule has 0 aliphatic heterocycles. The molecule has 28 heavy (non-hydrogen) atoms. The second-order valence-electron chi connectivity index (χ2n) is 7.19. The summed E-state index contributed by atoms with van der Waals surface area (Å²) in [6.07, 6.45) is 10.7. The molecule has 0 atom stereocenters. The number of carboxylic acids is 1. The standard InChI is InChI=1S/C25H29NO2/c1-5-15-26(4)18-22-10-9-19(2)24(17-22)13-12-23-8-6-7-21(16-20(23)3)11-14-25(27)28/h7-11,14,16-17H,5-6,15,18H2,1-4H3,(H,27,28)/b14-11+. The highest BCUT2D eigenvalue weighted by Crippen LogP contribution is 2.19. The van der Waals surface area contributed by atoms with Crippen LogP contribution in [0.15, 0.2) is 65.3 Å². The van der Waals surface area contributed by atoms with Gasteiger partial charge in [-0.3, -0.25) is 0 Å². The highest BCUT2D eigenvalue weighted by atomic mass is 16.4. The van der Waals surface area contributed by atoms with Crippen LogP contribution < -0.4 is 0 Å². The highest BCUT2D eigenvalue weighted by Gasteiger charge is 2.04. The van der Waals surface area contributed by atoms with Crippen molar-refractivity contribution >= 4 is 5.97 Å². The molecule has 3 nitrogen and oxygen atoms in total. The Morgan fingerprint density at radius 2 is 2.04 bits per heavy atom. The molecule has 0 saturated heterocycles. The average Bonchev–Trinajstić information content (AvgIpc) is 2.81. The van der Waals surface area contributed by atoms with Gasteiger partial charge in [0.15, 0.2) is 0 Å². The molecule has 0 radical (unpaired) electrons. The largest absolute Gasteiger partial charge is 0.478 e. The van der Waals surface area contributed by atoms with Crippen LogP contribution in [0.3, 0.4) is 0 Å². The Hall–Kier alpha value is -2.83. The van der Waals surface area contributed by atoms with Gasteiger partial charge in [0, 0.05) is 23.8 Å². The Morgan fingerprint density at radius 3 is 2.75 bits per heavy atom. The fraction of sp³-hybridized carbons (Fsp3) is 0.320. The van der Waals surface area contributed by atoms with E-state index in [1.165, 1.54) is 11.1 Å². The molecule has 1 aliphatic rings. The van der Waals surface area contributed by atoms with E-state index in [4.69, 9.17) is 5.11 Å². The Kier molecular flexibility index (Phi) is 8.04. The lowest BCUT2D eigenvalue weighted by molar-refractivity contribution is -0.131. The summed E-state index contributed by atoms with van der Waals surface area (Å²) >= 11 is 0. The van der Waals surface area contributed by atoms with E-state index in [1.807, 2.05) is 19.1 Å². The average molecular weight is 376 g/mol. The van der Waals surface area contributed by atoms with E-state index in [1.54, 1.807) is 6.08 Å². The Morgan fingerprint density at radius 1 is 1.25 bits per heavy atom. The van der Waals surface area contributed by atoms with Crippen molar-refractivity contribution in [2.24, 2.45) is 0 Å². The number of aryl methyl sites for hydroxylation is 1. The zero-order valence-corrected chi connectivity index (χ0v) is 17.2. The summed E-state index contributed by atoms with van der Waals surface area (Å²) in [4.78, 5) is 13.0. The van der Waals surface area contributed by atoms with Gasteiger partial charge in [0.25, 0.3) is 0 Å². The number of aliphatic carboxylic acids is 1. The SMILES string of the molecule is CCCN(C)Cc1ccc(C)c(C#CC2=CCC=C(/C=C/C(=O)O)C=C2C)c1. The molecule has 1 N–H and O–H groups in total. The molecule has 0 unspecified atom stereocenters. The van der Waals surface area contributed by atoms with Gasteiger partial charge in [-0.15, -0.1) is 0 Å². The van der Waals surface area contributed by atoms with Crippen molar-refractivity contribution in [2.75, 3.05) is 13.6 Å². The van der Waals surface area contributed by atoms with Crippen molar-refractivity contribution in [3.05, 3.63) is 82.0 Å². The fourth-order valence-corrected chi connectivity index (χ4v) is 3.10. The molecular formula is C25H29NO2. The molecule has 1 aromatic rings. The molecule has 0 saturated carbocycles. The first kappa shape index (κ1) is 21.5. The third-order valence-corrected chi connectivity index (χ3v) is 4.59. The second kappa shape index (κ2) is 10.5. The summed E-state index contributed by atoms with van der Waals surface area (Å²) in [5, 5.41) is 8.80. The second-order valence-corrected chi connectivity index (χ2v) is 7.19. The first-order valence-electron chi connectivity index (χ1n) is 9.69. The maximum atomic E-state index is 10.7. The maximum Gasteiger partial charge on any atom is 0.328 e. The summed E-state index contributed by atoms with van der Waals surface area (Å²) in [6.45, 7) is 8.29. The zero-order chi connectivity index (χ0) is 20.5. The third-order valence-electron chi connectivity index (χ3n) is 4.59. The molecule has 0 fully saturated rings.